The van der Waals surface area contributed by atoms with Crippen LogP contribution in [0.1, 0.15) is 5.69 Å². The molecular weight excluding hydrogens is 442 g/mol. The smallest absolute Gasteiger partial charge is 0.362 e. The molecule has 0 spiro atoms. The van der Waals surface area contributed by atoms with Crippen LogP contribution >= 0.6 is 11.3 Å². The summed E-state index contributed by atoms with van der Waals surface area (Å²) in [6.45, 7) is -0.824. The van der Waals surface area contributed by atoms with E-state index in [1.807, 2.05) is 0 Å². The Labute approximate surface area is 163 Å². The lowest BCUT2D eigenvalue weighted by Crippen LogP contribution is -2.73. The van der Waals surface area contributed by atoms with E-state index in [0.717, 1.165) is 18.4 Å². The topological polar surface area (TPSA) is 208 Å². The van der Waals surface area contributed by atoms with Gasteiger partial charge in [0.05, 0.1) is 12.9 Å². The Morgan fingerprint density at radius 2 is 2.11 bits per heavy atom. The van der Waals surface area contributed by atoms with Crippen molar-refractivity contribution in [2.45, 2.75) is 12.1 Å². The highest BCUT2D eigenvalue weighted by atomic mass is 32.2. The molecule has 1 aromatic rings. The first-order valence-corrected chi connectivity index (χ1v) is 11.2. The molecular formula is C11H15N5O9S3. The number of nitrogens with one attached hydrogen (secondary N) is 1. The van der Waals surface area contributed by atoms with Crippen molar-refractivity contribution in [1.82, 2.24) is 14.6 Å². The molecule has 14 nitrogen and oxygen atoms in total. The summed E-state index contributed by atoms with van der Waals surface area (Å²) in [6, 6.07) is -3.03. The minimum atomic E-state index is -5.00. The van der Waals surface area contributed by atoms with Crippen LogP contribution in [0.25, 0.3) is 0 Å². The number of hydrogen-bond donors (Lipinski definition) is 3. The summed E-state index contributed by atoms with van der Waals surface area (Å²) in [5.41, 5.74) is 5.16. The first-order valence-electron chi connectivity index (χ1n) is 7.13. The monoisotopic (exact) mass is 457 g/mol. The van der Waals surface area contributed by atoms with E-state index in [0.29, 0.717) is 6.26 Å². The van der Waals surface area contributed by atoms with Crippen LogP contribution in [0.2, 0.25) is 0 Å². The predicted octanol–water partition coefficient (Wildman–Crippen LogP) is -2.45. The number of nitrogens with zero attached hydrogens (tertiary/aromatic N) is 3. The summed E-state index contributed by atoms with van der Waals surface area (Å²) in [5.74, 6) is -2.18. The van der Waals surface area contributed by atoms with Gasteiger partial charge in [-0.3, -0.25) is 18.3 Å². The molecule has 2 heterocycles. The molecule has 0 radical (unpaired) electrons. The number of nitrogens with two attached hydrogens (primary N) is 1. The minimum Gasteiger partial charge on any atom is -0.398 e. The molecule has 0 aliphatic carbocycles. The summed E-state index contributed by atoms with van der Waals surface area (Å²) in [4.78, 5) is 32.9. The number of nitrogen functional groups attached to an aromatic ring is 1. The van der Waals surface area contributed by atoms with E-state index in [4.69, 9.17) is 10.3 Å². The van der Waals surface area contributed by atoms with E-state index in [9.17, 15) is 26.4 Å². The van der Waals surface area contributed by atoms with Crippen molar-refractivity contribution in [1.29, 1.82) is 0 Å². The fourth-order valence-corrected chi connectivity index (χ4v) is 4.02. The highest BCUT2D eigenvalue weighted by Crippen LogP contribution is 2.24. The van der Waals surface area contributed by atoms with Gasteiger partial charge in [-0.1, -0.05) is 5.16 Å². The van der Waals surface area contributed by atoms with Gasteiger partial charge < -0.3 is 15.9 Å². The van der Waals surface area contributed by atoms with Crippen molar-refractivity contribution < 1.29 is 40.0 Å². The van der Waals surface area contributed by atoms with Gasteiger partial charge in [-0.15, -0.1) is 11.3 Å². The number of β-lactam (4-membered cyclic amide) rings is 1. The lowest BCUT2D eigenvalue weighted by Gasteiger charge is -2.43. The lowest BCUT2D eigenvalue weighted by molar-refractivity contribution is -0.146. The molecule has 1 aliphatic heterocycles. The van der Waals surface area contributed by atoms with Crippen LogP contribution in [0.5, 0.6) is 0 Å². The number of thiazole rings is 1. The predicted molar refractivity (Wildman–Crippen MR) is 95.0 cm³/mol. The molecule has 1 aromatic heterocycles. The van der Waals surface area contributed by atoms with Crippen LogP contribution in [0, 0.1) is 0 Å². The van der Waals surface area contributed by atoms with Gasteiger partial charge >= 0.3 is 10.3 Å². The maximum Gasteiger partial charge on any atom is 0.362 e. The molecule has 1 aliphatic rings. The van der Waals surface area contributed by atoms with E-state index in [1.165, 1.54) is 5.38 Å². The molecule has 28 heavy (non-hydrogen) atoms. The third kappa shape index (κ3) is 4.93. The van der Waals surface area contributed by atoms with Gasteiger partial charge in [-0.25, -0.2) is 9.29 Å². The maximum absolute atomic E-state index is 12.5. The standard InChI is InChI=1S/C11H15N5O9S3/c1-24-15-7(5-4-26-11(12)13-5)9(17)14-8-6(3-25-27(2,19)20)16(10(8)18)28(21,22)23/h4,6,8H,3H2,1-2H3,(H2,12,13)(H,14,17)(H,21,22,23)/b15-7-. The second-order valence-corrected chi connectivity index (χ2v) is 9.14. The van der Waals surface area contributed by atoms with E-state index in [-0.39, 0.29) is 20.8 Å². The Balaban J connectivity index is 2.24. The fraction of sp³-hybridized carbons (Fsp3) is 0.455. The van der Waals surface area contributed by atoms with Crippen molar-refractivity contribution >= 4 is 54.4 Å². The quantitative estimate of drug-likeness (QED) is 0.123. The molecule has 17 heteroatoms. The highest BCUT2D eigenvalue weighted by Gasteiger charge is 2.54. The second-order valence-electron chi connectivity index (χ2n) is 5.31. The lowest BCUT2D eigenvalue weighted by atomic mass is 9.99. The molecule has 4 N–H and O–H groups in total. The van der Waals surface area contributed by atoms with Crippen molar-refractivity contribution in [2.75, 3.05) is 25.7 Å². The van der Waals surface area contributed by atoms with Gasteiger partial charge in [-0.2, -0.15) is 16.8 Å². The van der Waals surface area contributed by atoms with Crippen molar-refractivity contribution in [2.24, 2.45) is 5.16 Å². The molecule has 0 saturated carbocycles. The normalized spacial score (nSPS) is 20.6. The van der Waals surface area contributed by atoms with Gasteiger partial charge in [-0.05, 0) is 0 Å². The maximum atomic E-state index is 12.5. The summed E-state index contributed by atoms with van der Waals surface area (Å²) < 4.78 is 58.6. The number of anilines is 1. The molecule has 2 atom stereocenters. The number of hydrogen-bond acceptors (Lipinski definition) is 12. The molecule has 2 rings (SSSR count). The van der Waals surface area contributed by atoms with Crippen LogP contribution in [0.3, 0.4) is 0 Å². The van der Waals surface area contributed by atoms with Crippen LogP contribution in [0.4, 0.5) is 5.13 Å². The first-order chi connectivity index (χ1) is 12.8. The zero-order valence-corrected chi connectivity index (χ0v) is 16.7. The number of aromatic nitrogens is 1. The first kappa shape index (κ1) is 22.0. The van der Waals surface area contributed by atoms with E-state index < -0.39 is 50.9 Å². The zero-order valence-electron chi connectivity index (χ0n) is 14.3. The van der Waals surface area contributed by atoms with E-state index in [2.05, 4.69) is 24.5 Å². The van der Waals surface area contributed by atoms with Gasteiger partial charge in [0.25, 0.3) is 21.9 Å². The van der Waals surface area contributed by atoms with Gasteiger partial charge in [0.1, 0.15) is 24.9 Å². The third-order valence-electron chi connectivity index (χ3n) is 3.32. The minimum absolute atomic E-state index is 0.00288. The van der Waals surface area contributed by atoms with Gasteiger partial charge in [0.15, 0.2) is 10.8 Å². The number of oxime groups is 1. The van der Waals surface area contributed by atoms with E-state index in [1.54, 1.807) is 0 Å². The number of amides is 2. The van der Waals surface area contributed by atoms with Gasteiger partial charge in [0.2, 0.25) is 0 Å². The van der Waals surface area contributed by atoms with Crippen molar-refractivity contribution in [3.05, 3.63) is 11.1 Å². The number of rotatable bonds is 8. The Bertz CT molecular complexity index is 1020. The Hall–Kier alpha value is -2.34. The summed E-state index contributed by atoms with van der Waals surface area (Å²) in [7, 11) is -7.84. The molecule has 2 amide bonds. The Morgan fingerprint density at radius 3 is 2.57 bits per heavy atom. The molecule has 0 bridgehead atoms. The SMILES string of the molecule is CO/N=C(\C(=O)NC1C(=O)N(S(=O)(=O)O)C1COS(C)(=O)=O)c1csc(N)n1. The highest BCUT2D eigenvalue weighted by molar-refractivity contribution is 7.86. The van der Waals surface area contributed by atoms with Crippen LogP contribution in [-0.2, 0) is 39.0 Å². The van der Waals surface area contributed by atoms with Crippen molar-refractivity contribution in [3.63, 3.8) is 0 Å². The van der Waals surface area contributed by atoms with Crippen LogP contribution < -0.4 is 11.1 Å². The molecule has 1 saturated heterocycles. The number of carbonyl (C=O) groups is 2. The molecule has 156 valence electrons. The Morgan fingerprint density at radius 1 is 1.46 bits per heavy atom. The number of carbonyl (C=O) groups excluding carboxylic acids is 2. The average Bonchev–Trinajstić information content (AvgIpc) is 2.97. The van der Waals surface area contributed by atoms with Crippen LogP contribution in [-0.4, -0.2) is 80.3 Å². The second kappa shape index (κ2) is 7.95. The molecule has 0 aromatic carbocycles. The fourth-order valence-electron chi connectivity index (χ4n) is 2.22. The average molecular weight is 457 g/mol. The summed E-state index contributed by atoms with van der Waals surface area (Å²) in [6.07, 6.45) is 0.703. The summed E-state index contributed by atoms with van der Waals surface area (Å²) >= 11 is 1.01. The third-order valence-corrected chi connectivity index (χ3v) is 5.51. The molecule has 1 fully saturated rings. The Kier molecular flexibility index (Phi) is 6.24. The zero-order chi connectivity index (χ0) is 21.3. The van der Waals surface area contributed by atoms with Crippen LogP contribution in [0.15, 0.2) is 10.5 Å². The van der Waals surface area contributed by atoms with Crippen molar-refractivity contribution in [3.8, 4) is 0 Å². The largest absolute Gasteiger partial charge is 0.398 e. The van der Waals surface area contributed by atoms with Gasteiger partial charge in [0, 0.05) is 5.38 Å². The summed E-state index contributed by atoms with van der Waals surface area (Å²) in [5, 5.41) is 7.20. The van der Waals surface area contributed by atoms with E-state index >= 15 is 0 Å². The molecule has 2 unspecified atom stereocenters.